The van der Waals surface area contributed by atoms with Crippen molar-refractivity contribution >= 4 is 11.7 Å². The molecule has 94 valence electrons. The first kappa shape index (κ1) is 13.6. The number of amides is 2. The summed E-state index contributed by atoms with van der Waals surface area (Å²) >= 11 is 0. The minimum atomic E-state index is -0.316. The molecule has 0 saturated heterocycles. The maximum Gasteiger partial charge on any atom is 0.319 e. The number of nitriles is 1. The lowest BCUT2D eigenvalue weighted by Gasteiger charge is -2.07. The van der Waals surface area contributed by atoms with Crippen LogP contribution in [0.1, 0.15) is 12.8 Å². The van der Waals surface area contributed by atoms with Crippen molar-refractivity contribution in [1.29, 1.82) is 5.26 Å². The lowest BCUT2D eigenvalue weighted by molar-refractivity contribution is 0.252. The van der Waals surface area contributed by atoms with E-state index in [2.05, 4.69) is 17.2 Å². The summed E-state index contributed by atoms with van der Waals surface area (Å²) in [5.41, 5.74) is 1.11. The molecule has 3 N–H and O–H groups in total. The predicted molar refractivity (Wildman–Crippen MR) is 69.1 cm³/mol. The molecule has 1 aromatic rings. The van der Waals surface area contributed by atoms with Crippen LogP contribution in [0.5, 0.6) is 5.75 Å². The van der Waals surface area contributed by atoms with Crippen molar-refractivity contribution in [3.05, 3.63) is 36.4 Å². The van der Waals surface area contributed by atoms with E-state index in [0.717, 1.165) is 0 Å². The number of hydrogen-bond donors (Lipinski definition) is 3. The van der Waals surface area contributed by atoms with Gasteiger partial charge in [0.1, 0.15) is 5.75 Å². The molecule has 0 saturated carbocycles. The third kappa shape index (κ3) is 5.03. The third-order valence-corrected chi connectivity index (χ3v) is 2.22. The minimum absolute atomic E-state index is 0.149. The molecular weight excluding hydrogens is 230 g/mol. The lowest BCUT2D eigenvalue weighted by atomic mass is 10.2. The fraction of sp³-hybridized carbons (Fsp3) is 0.231. The molecule has 0 bridgehead atoms. The van der Waals surface area contributed by atoms with Crippen LogP contribution in [0.25, 0.3) is 0 Å². The van der Waals surface area contributed by atoms with Crippen molar-refractivity contribution < 1.29 is 9.90 Å². The molecule has 0 aliphatic rings. The van der Waals surface area contributed by atoms with E-state index in [1.54, 1.807) is 12.1 Å². The second-order valence-electron chi connectivity index (χ2n) is 3.75. The van der Waals surface area contributed by atoms with Gasteiger partial charge >= 0.3 is 6.03 Å². The molecule has 0 atom stereocenters. The van der Waals surface area contributed by atoms with E-state index in [0.29, 0.717) is 30.6 Å². The number of allylic oxidation sites excluding steroid dienone is 1. The number of anilines is 1. The highest BCUT2D eigenvalue weighted by atomic mass is 16.3. The van der Waals surface area contributed by atoms with Crippen molar-refractivity contribution in [3.63, 3.8) is 0 Å². The molecule has 0 spiro atoms. The van der Waals surface area contributed by atoms with Gasteiger partial charge in [-0.05, 0) is 37.1 Å². The van der Waals surface area contributed by atoms with Gasteiger partial charge in [0.05, 0.1) is 6.07 Å². The van der Waals surface area contributed by atoms with Crippen LogP contribution in [0.4, 0.5) is 10.5 Å². The Morgan fingerprint density at radius 3 is 2.67 bits per heavy atom. The summed E-state index contributed by atoms with van der Waals surface area (Å²) in [5.74, 6) is 0.149. The SMILES string of the molecule is C=C(C#N)CCCNC(=O)Nc1ccc(O)cc1. The van der Waals surface area contributed by atoms with Crippen LogP contribution in [0.15, 0.2) is 36.4 Å². The van der Waals surface area contributed by atoms with E-state index in [4.69, 9.17) is 10.4 Å². The molecule has 0 unspecified atom stereocenters. The Morgan fingerprint density at radius 2 is 2.06 bits per heavy atom. The van der Waals surface area contributed by atoms with Gasteiger partial charge in [-0.2, -0.15) is 5.26 Å². The fourth-order valence-electron chi connectivity index (χ4n) is 1.28. The molecular formula is C13H15N3O2. The average Bonchev–Trinajstić information content (AvgIpc) is 2.37. The fourth-order valence-corrected chi connectivity index (χ4v) is 1.28. The molecule has 0 aliphatic carbocycles. The number of nitrogens with one attached hydrogen (secondary N) is 2. The van der Waals surface area contributed by atoms with Crippen LogP contribution in [-0.4, -0.2) is 17.7 Å². The maximum absolute atomic E-state index is 11.4. The maximum atomic E-state index is 11.4. The first-order chi connectivity index (χ1) is 8.61. The molecule has 1 rings (SSSR count). The standard InChI is InChI=1S/C13H15N3O2/c1-10(9-14)3-2-8-15-13(18)16-11-4-6-12(17)7-5-11/h4-7,17H,1-3,8H2,(H2,15,16,18). The first-order valence-corrected chi connectivity index (χ1v) is 5.53. The van der Waals surface area contributed by atoms with Gasteiger partial charge in [0.15, 0.2) is 0 Å². The summed E-state index contributed by atoms with van der Waals surface area (Å²) in [4.78, 5) is 11.4. The largest absolute Gasteiger partial charge is 0.508 e. The van der Waals surface area contributed by atoms with Gasteiger partial charge in [-0.15, -0.1) is 0 Å². The number of nitrogens with zero attached hydrogens (tertiary/aromatic N) is 1. The minimum Gasteiger partial charge on any atom is -0.508 e. The van der Waals surface area contributed by atoms with Crippen LogP contribution < -0.4 is 10.6 Å². The highest BCUT2D eigenvalue weighted by Gasteiger charge is 2.01. The zero-order chi connectivity index (χ0) is 13.4. The summed E-state index contributed by atoms with van der Waals surface area (Å²) in [6.45, 7) is 4.03. The van der Waals surface area contributed by atoms with E-state index < -0.39 is 0 Å². The summed E-state index contributed by atoms with van der Waals surface area (Å²) in [6.07, 6.45) is 1.26. The van der Waals surface area contributed by atoms with Crippen molar-refractivity contribution in [3.8, 4) is 11.8 Å². The molecule has 5 heteroatoms. The Kier molecular flexibility index (Phi) is 5.26. The Bertz CT molecular complexity index is 460. The molecule has 0 aromatic heterocycles. The zero-order valence-corrected chi connectivity index (χ0v) is 9.94. The smallest absolute Gasteiger partial charge is 0.319 e. The van der Waals surface area contributed by atoms with Crippen LogP contribution in [-0.2, 0) is 0 Å². The second-order valence-corrected chi connectivity index (χ2v) is 3.75. The van der Waals surface area contributed by atoms with Crippen LogP contribution >= 0.6 is 0 Å². The zero-order valence-electron chi connectivity index (χ0n) is 9.94. The number of hydrogen-bond acceptors (Lipinski definition) is 3. The number of urea groups is 1. The van der Waals surface area contributed by atoms with Crippen molar-refractivity contribution in [2.24, 2.45) is 0 Å². The van der Waals surface area contributed by atoms with Crippen LogP contribution in [0, 0.1) is 11.3 Å². The molecule has 5 nitrogen and oxygen atoms in total. The molecule has 0 aliphatic heterocycles. The molecule has 0 heterocycles. The summed E-state index contributed by atoms with van der Waals surface area (Å²) in [7, 11) is 0. The number of rotatable bonds is 5. The van der Waals surface area contributed by atoms with E-state index in [1.165, 1.54) is 12.1 Å². The van der Waals surface area contributed by atoms with Gasteiger partial charge in [0.25, 0.3) is 0 Å². The topological polar surface area (TPSA) is 85.2 Å². The van der Waals surface area contributed by atoms with E-state index in [9.17, 15) is 4.79 Å². The molecule has 1 aromatic carbocycles. The summed E-state index contributed by atoms with van der Waals surface area (Å²) in [6, 6.07) is 7.83. The van der Waals surface area contributed by atoms with Crippen LogP contribution in [0.2, 0.25) is 0 Å². The summed E-state index contributed by atoms with van der Waals surface area (Å²) < 4.78 is 0. The molecule has 0 fully saturated rings. The highest BCUT2D eigenvalue weighted by Crippen LogP contribution is 2.13. The predicted octanol–water partition coefficient (Wildman–Crippen LogP) is 2.37. The van der Waals surface area contributed by atoms with Gasteiger partial charge in [-0.3, -0.25) is 0 Å². The van der Waals surface area contributed by atoms with Crippen molar-refractivity contribution in [2.45, 2.75) is 12.8 Å². The quantitative estimate of drug-likeness (QED) is 0.423. The van der Waals surface area contributed by atoms with Crippen molar-refractivity contribution in [2.75, 3.05) is 11.9 Å². The van der Waals surface area contributed by atoms with Gasteiger partial charge in [-0.25, -0.2) is 4.79 Å². The number of aromatic hydroxyl groups is 1. The van der Waals surface area contributed by atoms with Crippen molar-refractivity contribution in [1.82, 2.24) is 5.32 Å². The monoisotopic (exact) mass is 245 g/mol. The average molecular weight is 245 g/mol. The Hall–Kier alpha value is -2.48. The highest BCUT2D eigenvalue weighted by molar-refractivity contribution is 5.89. The Labute approximate surface area is 106 Å². The van der Waals surface area contributed by atoms with E-state index >= 15 is 0 Å². The normalized spacial score (nSPS) is 9.28. The summed E-state index contributed by atoms with van der Waals surface area (Å²) in [5, 5.41) is 22.9. The van der Waals surface area contributed by atoms with Gasteiger partial charge in [-0.1, -0.05) is 6.58 Å². The van der Waals surface area contributed by atoms with E-state index in [-0.39, 0.29) is 11.8 Å². The third-order valence-electron chi connectivity index (χ3n) is 2.22. The van der Waals surface area contributed by atoms with Crippen LogP contribution in [0.3, 0.4) is 0 Å². The number of phenols is 1. The number of benzene rings is 1. The number of carbonyl (C=O) groups excluding carboxylic acids is 1. The second kappa shape index (κ2) is 6.97. The van der Waals surface area contributed by atoms with Gasteiger partial charge in [0, 0.05) is 17.8 Å². The first-order valence-electron chi connectivity index (χ1n) is 5.53. The molecule has 2 amide bonds. The van der Waals surface area contributed by atoms with Gasteiger partial charge in [0.2, 0.25) is 0 Å². The lowest BCUT2D eigenvalue weighted by Crippen LogP contribution is -2.29. The number of carbonyl (C=O) groups is 1. The number of phenolic OH excluding ortho intramolecular Hbond substituents is 1. The van der Waals surface area contributed by atoms with Gasteiger partial charge < -0.3 is 15.7 Å². The molecule has 0 radical (unpaired) electrons. The Balaban J connectivity index is 2.24. The van der Waals surface area contributed by atoms with E-state index in [1.807, 2.05) is 6.07 Å². The molecule has 18 heavy (non-hydrogen) atoms. The Morgan fingerprint density at radius 1 is 1.39 bits per heavy atom.